The lowest BCUT2D eigenvalue weighted by Gasteiger charge is -2.10. The number of nitrogens with one attached hydrogen (secondary N) is 2. The molecule has 0 aromatic heterocycles. The van der Waals surface area contributed by atoms with Crippen molar-refractivity contribution >= 4 is 34.0 Å². The number of benzene rings is 3. The molecule has 0 atom stereocenters. The summed E-state index contributed by atoms with van der Waals surface area (Å²) in [5.74, 6) is -0.580. The molecule has 0 saturated carbocycles. The number of esters is 1. The molecule has 5 heteroatoms. The second-order valence-corrected chi connectivity index (χ2v) is 5.50. The summed E-state index contributed by atoms with van der Waals surface area (Å²) in [7, 11) is 1.33. The third-order valence-corrected chi connectivity index (χ3v) is 3.80. The lowest BCUT2D eigenvalue weighted by molar-refractivity contribution is -0.114. The van der Waals surface area contributed by atoms with E-state index in [-0.39, 0.29) is 12.5 Å². The van der Waals surface area contributed by atoms with Gasteiger partial charge in [0, 0.05) is 16.8 Å². The molecule has 0 spiro atoms. The molecule has 3 rings (SSSR count). The molecule has 0 unspecified atom stereocenters. The number of anilines is 2. The van der Waals surface area contributed by atoms with Gasteiger partial charge in [-0.2, -0.15) is 0 Å². The van der Waals surface area contributed by atoms with Gasteiger partial charge in [-0.25, -0.2) is 4.79 Å². The third-order valence-electron chi connectivity index (χ3n) is 3.80. The number of carbonyl (C=O) groups excluding carboxylic acids is 2. The van der Waals surface area contributed by atoms with E-state index in [1.807, 2.05) is 42.5 Å². The quantitative estimate of drug-likeness (QED) is 0.699. The first-order valence-corrected chi connectivity index (χ1v) is 7.87. The lowest BCUT2D eigenvalue weighted by atomic mass is 10.1. The molecule has 25 heavy (non-hydrogen) atoms. The molecule has 1 amide bonds. The summed E-state index contributed by atoms with van der Waals surface area (Å²) < 4.78 is 4.69. The van der Waals surface area contributed by atoms with Crippen molar-refractivity contribution in [3.63, 3.8) is 0 Å². The van der Waals surface area contributed by atoms with Crippen LogP contribution < -0.4 is 10.6 Å². The third kappa shape index (κ3) is 3.95. The van der Waals surface area contributed by atoms with Crippen LogP contribution in [0.1, 0.15) is 10.4 Å². The second-order valence-electron chi connectivity index (χ2n) is 5.50. The summed E-state index contributed by atoms with van der Waals surface area (Å²) in [5, 5.41) is 7.98. The van der Waals surface area contributed by atoms with Crippen molar-refractivity contribution in [1.82, 2.24) is 0 Å². The van der Waals surface area contributed by atoms with Crippen molar-refractivity contribution in [1.29, 1.82) is 0 Å². The van der Waals surface area contributed by atoms with Gasteiger partial charge in [0.25, 0.3) is 0 Å². The maximum atomic E-state index is 12.2. The van der Waals surface area contributed by atoms with Crippen LogP contribution in [0.25, 0.3) is 10.8 Å². The Morgan fingerprint density at radius 3 is 2.56 bits per heavy atom. The molecule has 126 valence electrons. The van der Waals surface area contributed by atoms with Crippen LogP contribution in [0.2, 0.25) is 0 Å². The van der Waals surface area contributed by atoms with Crippen LogP contribution in [0.4, 0.5) is 11.4 Å². The van der Waals surface area contributed by atoms with E-state index < -0.39 is 5.97 Å². The first kappa shape index (κ1) is 16.5. The van der Waals surface area contributed by atoms with Crippen LogP contribution in [-0.2, 0) is 9.53 Å². The molecule has 0 aliphatic rings. The SMILES string of the molecule is COC(=O)c1cccc(NCC(=O)Nc2cccc3ccccc23)c1. The van der Waals surface area contributed by atoms with Gasteiger partial charge in [0.05, 0.1) is 19.2 Å². The van der Waals surface area contributed by atoms with Crippen molar-refractivity contribution in [2.24, 2.45) is 0 Å². The first-order chi connectivity index (χ1) is 12.2. The van der Waals surface area contributed by atoms with Gasteiger partial charge in [0.15, 0.2) is 0 Å². The number of hydrogen-bond donors (Lipinski definition) is 2. The fourth-order valence-corrected chi connectivity index (χ4v) is 2.59. The minimum absolute atomic E-state index is 0.0911. The van der Waals surface area contributed by atoms with E-state index in [1.165, 1.54) is 7.11 Å². The van der Waals surface area contributed by atoms with E-state index in [2.05, 4.69) is 10.6 Å². The molecule has 0 aliphatic heterocycles. The first-order valence-electron chi connectivity index (χ1n) is 7.87. The molecule has 0 saturated heterocycles. The maximum Gasteiger partial charge on any atom is 0.337 e. The number of hydrogen-bond acceptors (Lipinski definition) is 4. The van der Waals surface area contributed by atoms with Crippen LogP contribution in [0.5, 0.6) is 0 Å². The highest BCUT2D eigenvalue weighted by atomic mass is 16.5. The summed E-state index contributed by atoms with van der Waals surface area (Å²) >= 11 is 0. The Kier molecular flexibility index (Phi) is 4.95. The lowest BCUT2D eigenvalue weighted by Crippen LogP contribution is -2.22. The average Bonchev–Trinajstić information content (AvgIpc) is 2.66. The van der Waals surface area contributed by atoms with Crippen molar-refractivity contribution in [2.45, 2.75) is 0 Å². The second kappa shape index (κ2) is 7.49. The predicted octanol–water partition coefficient (Wildman–Crippen LogP) is 3.68. The van der Waals surface area contributed by atoms with Crippen molar-refractivity contribution in [3.05, 3.63) is 72.3 Å². The summed E-state index contributed by atoms with van der Waals surface area (Å²) in [4.78, 5) is 23.8. The Hall–Kier alpha value is -3.34. The summed E-state index contributed by atoms with van der Waals surface area (Å²) in [6, 6.07) is 20.5. The highest BCUT2D eigenvalue weighted by molar-refractivity contribution is 6.03. The number of methoxy groups -OCH3 is 1. The summed E-state index contributed by atoms with van der Waals surface area (Å²) in [6.07, 6.45) is 0. The molecule has 0 bridgehead atoms. The average molecular weight is 334 g/mol. The van der Waals surface area contributed by atoms with E-state index in [4.69, 9.17) is 4.74 Å². The Labute approximate surface area is 145 Å². The van der Waals surface area contributed by atoms with Gasteiger partial charge in [-0.15, -0.1) is 0 Å². The smallest absolute Gasteiger partial charge is 0.337 e. The Morgan fingerprint density at radius 2 is 1.72 bits per heavy atom. The highest BCUT2D eigenvalue weighted by Crippen LogP contribution is 2.22. The largest absolute Gasteiger partial charge is 0.465 e. The minimum Gasteiger partial charge on any atom is -0.465 e. The number of ether oxygens (including phenoxy) is 1. The van der Waals surface area contributed by atoms with Gasteiger partial charge in [-0.1, -0.05) is 42.5 Å². The van der Waals surface area contributed by atoms with Gasteiger partial charge in [-0.05, 0) is 29.7 Å². The molecule has 2 N–H and O–H groups in total. The zero-order valence-electron chi connectivity index (χ0n) is 13.8. The van der Waals surface area contributed by atoms with Crippen LogP contribution in [0.3, 0.4) is 0 Å². The number of rotatable bonds is 5. The fourth-order valence-electron chi connectivity index (χ4n) is 2.59. The molecule has 0 radical (unpaired) electrons. The zero-order valence-corrected chi connectivity index (χ0v) is 13.8. The minimum atomic E-state index is -0.413. The number of fused-ring (bicyclic) bond motifs is 1. The van der Waals surface area contributed by atoms with Crippen molar-refractivity contribution < 1.29 is 14.3 Å². The molecule has 0 fully saturated rings. The zero-order chi connectivity index (χ0) is 17.6. The predicted molar refractivity (Wildman–Crippen MR) is 98.8 cm³/mol. The monoisotopic (exact) mass is 334 g/mol. The standard InChI is InChI=1S/C20H18N2O3/c1-25-20(24)15-8-4-9-16(12-15)21-13-19(23)22-18-11-5-7-14-6-2-3-10-17(14)18/h2-12,21H,13H2,1H3,(H,22,23). The normalized spacial score (nSPS) is 10.3. The highest BCUT2D eigenvalue weighted by Gasteiger charge is 2.08. The Balaban J connectivity index is 1.66. The Morgan fingerprint density at radius 1 is 0.960 bits per heavy atom. The van der Waals surface area contributed by atoms with Crippen LogP contribution >= 0.6 is 0 Å². The van der Waals surface area contributed by atoms with E-state index in [0.29, 0.717) is 11.3 Å². The maximum absolute atomic E-state index is 12.2. The van der Waals surface area contributed by atoms with Gasteiger partial charge in [0.1, 0.15) is 0 Å². The molecular weight excluding hydrogens is 316 g/mol. The van der Waals surface area contributed by atoms with Gasteiger partial charge >= 0.3 is 5.97 Å². The van der Waals surface area contributed by atoms with Crippen molar-refractivity contribution in [3.8, 4) is 0 Å². The van der Waals surface area contributed by atoms with Crippen LogP contribution in [0, 0.1) is 0 Å². The molecule has 0 aliphatic carbocycles. The molecule has 5 nitrogen and oxygen atoms in total. The van der Waals surface area contributed by atoms with Crippen molar-refractivity contribution in [2.75, 3.05) is 24.3 Å². The van der Waals surface area contributed by atoms with Gasteiger partial charge in [-0.3, -0.25) is 4.79 Å². The van der Waals surface area contributed by atoms with E-state index >= 15 is 0 Å². The Bertz CT molecular complexity index is 916. The topological polar surface area (TPSA) is 67.4 Å². The summed E-state index contributed by atoms with van der Waals surface area (Å²) in [6.45, 7) is 0.0911. The number of amides is 1. The van der Waals surface area contributed by atoms with E-state index in [1.54, 1.807) is 24.3 Å². The van der Waals surface area contributed by atoms with Gasteiger partial charge in [0.2, 0.25) is 5.91 Å². The fraction of sp³-hybridized carbons (Fsp3) is 0.100. The summed E-state index contributed by atoms with van der Waals surface area (Å²) in [5.41, 5.74) is 1.88. The number of carbonyl (C=O) groups is 2. The van der Waals surface area contributed by atoms with E-state index in [9.17, 15) is 9.59 Å². The molecule has 0 heterocycles. The van der Waals surface area contributed by atoms with Crippen LogP contribution in [0.15, 0.2) is 66.7 Å². The van der Waals surface area contributed by atoms with Gasteiger partial charge < -0.3 is 15.4 Å². The molecule has 3 aromatic carbocycles. The van der Waals surface area contributed by atoms with E-state index in [0.717, 1.165) is 16.5 Å². The molecule has 3 aromatic rings. The van der Waals surface area contributed by atoms with Crippen LogP contribution in [-0.4, -0.2) is 25.5 Å². The molecular formula is C20H18N2O3.